The van der Waals surface area contributed by atoms with Crippen molar-refractivity contribution < 1.29 is 14.3 Å². The van der Waals surface area contributed by atoms with E-state index in [1.165, 1.54) is 0 Å². The van der Waals surface area contributed by atoms with Crippen molar-refractivity contribution in [3.8, 4) is 0 Å². The molecule has 2 amide bonds. The number of nitrogens with zero attached hydrogens (tertiary/aromatic N) is 1. The number of anilines is 1. The van der Waals surface area contributed by atoms with Gasteiger partial charge < -0.3 is 15.0 Å². The van der Waals surface area contributed by atoms with Gasteiger partial charge in [-0.1, -0.05) is 6.07 Å². The minimum Gasteiger partial charge on any atom is -0.444 e. The summed E-state index contributed by atoms with van der Waals surface area (Å²) in [5, 5.41) is 2.97. The summed E-state index contributed by atoms with van der Waals surface area (Å²) in [6, 6.07) is 7.85. The van der Waals surface area contributed by atoms with Crippen molar-refractivity contribution in [1.29, 1.82) is 0 Å². The van der Waals surface area contributed by atoms with Crippen LogP contribution in [0.1, 0.15) is 40.0 Å². The van der Waals surface area contributed by atoms with E-state index in [1.807, 2.05) is 51.3 Å². The van der Waals surface area contributed by atoms with E-state index >= 15 is 0 Å². The number of ether oxygens (including phenoxy) is 1. The third-order valence-corrected chi connectivity index (χ3v) is 4.82. The molecule has 0 bridgehead atoms. The number of amides is 2. The summed E-state index contributed by atoms with van der Waals surface area (Å²) in [7, 11) is 0. The molecule has 1 aliphatic heterocycles. The van der Waals surface area contributed by atoms with E-state index in [1.54, 1.807) is 16.7 Å². The summed E-state index contributed by atoms with van der Waals surface area (Å²) in [5.41, 5.74) is 0.363. The molecule has 1 aromatic rings. The predicted molar refractivity (Wildman–Crippen MR) is 102 cm³/mol. The van der Waals surface area contributed by atoms with Gasteiger partial charge in [-0.2, -0.15) is 0 Å². The molecule has 0 aliphatic carbocycles. The van der Waals surface area contributed by atoms with Gasteiger partial charge >= 0.3 is 6.09 Å². The molecule has 1 saturated heterocycles. The van der Waals surface area contributed by atoms with Crippen molar-refractivity contribution in [3.63, 3.8) is 0 Å². The van der Waals surface area contributed by atoms with Gasteiger partial charge in [0.1, 0.15) is 5.60 Å². The van der Waals surface area contributed by atoms with E-state index in [9.17, 15) is 9.59 Å². The standard InChI is InChI=1S/C19H28N2O3S/c1-19(2,3)24-18(23)21-10-8-14(9-11-21)12-17(22)20-15-6-5-7-16(13-15)25-4/h5-7,13-14H,8-12H2,1-4H3,(H,20,22). The van der Waals surface area contributed by atoms with Crippen LogP contribution in [-0.4, -0.2) is 41.8 Å². The first-order valence-corrected chi connectivity index (χ1v) is 9.91. The van der Waals surface area contributed by atoms with Crippen LogP contribution in [0.5, 0.6) is 0 Å². The Labute approximate surface area is 154 Å². The second kappa shape index (κ2) is 8.61. The molecule has 5 nitrogen and oxygen atoms in total. The van der Waals surface area contributed by atoms with Gasteiger partial charge in [0.25, 0.3) is 0 Å². The fourth-order valence-corrected chi connectivity index (χ4v) is 3.28. The number of rotatable bonds is 4. The van der Waals surface area contributed by atoms with Crippen LogP contribution >= 0.6 is 11.8 Å². The second-order valence-electron chi connectivity index (χ2n) is 7.40. The molecule has 0 aromatic heterocycles. The SMILES string of the molecule is CSc1cccc(NC(=O)CC2CCN(C(=O)OC(C)(C)C)CC2)c1. The van der Waals surface area contributed by atoms with Crippen molar-refractivity contribution in [2.45, 2.75) is 50.5 Å². The fourth-order valence-electron chi connectivity index (χ4n) is 2.82. The van der Waals surface area contributed by atoms with Crippen molar-refractivity contribution in [1.82, 2.24) is 4.90 Å². The highest BCUT2D eigenvalue weighted by molar-refractivity contribution is 7.98. The first kappa shape index (κ1) is 19.6. The number of likely N-dealkylation sites (tertiary alicyclic amines) is 1. The summed E-state index contributed by atoms with van der Waals surface area (Å²) in [4.78, 5) is 27.2. The lowest BCUT2D eigenvalue weighted by Crippen LogP contribution is -2.42. The Balaban J connectivity index is 1.77. The van der Waals surface area contributed by atoms with Crippen molar-refractivity contribution >= 4 is 29.4 Å². The maximum absolute atomic E-state index is 12.3. The van der Waals surface area contributed by atoms with Gasteiger partial charge in [-0.3, -0.25) is 4.79 Å². The Bertz CT molecular complexity index is 605. The number of carbonyl (C=O) groups excluding carboxylic acids is 2. The molecule has 25 heavy (non-hydrogen) atoms. The van der Waals surface area contributed by atoms with Crippen LogP contribution < -0.4 is 5.32 Å². The molecular weight excluding hydrogens is 336 g/mol. The molecular formula is C19H28N2O3S. The van der Waals surface area contributed by atoms with Crippen LogP contribution in [-0.2, 0) is 9.53 Å². The van der Waals surface area contributed by atoms with Crippen LogP contribution in [0.25, 0.3) is 0 Å². The summed E-state index contributed by atoms with van der Waals surface area (Å²) in [6.45, 7) is 6.90. The van der Waals surface area contributed by atoms with Crippen LogP contribution in [0.2, 0.25) is 0 Å². The number of hydrogen-bond donors (Lipinski definition) is 1. The van der Waals surface area contributed by atoms with E-state index in [2.05, 4.69) is 5.32 Å². The third-order valence-electron chi connectivity index (χ3n) is 4.09. The average Bonchev–Trinajstić information content (AvgIpc) is 2.54. The minimum absolute atomic E-state index is 0.0361. The number of hydrogen-bond acceptors (Lipinski definition) is 4. The van der Waals surface area contributed by atoms with Crippen LogP contribution in [0.3, 0.4) is 0 Å². The van der Waals surface area contributed by atoms with E-state index in [4.69, 9.17) is 4.74 Å². The zero-order valence-corrected chi connectivity index (χ0v) is 16.3. The molecule has 0 radical (unpaired) electrons. The molecule has 1 N–H and O–H groups in total. The largest absolute Gasteiger partial charge is 0.444 e. The number of carbonyl (C=O) groups is 2. The summed E-state index contributed by atoms with van der Waals surface area (Å²) in [6.07, 6.45) is 3.91. The maximum atomic E-state index is 12.3. The number of thioether (sulfide) groups is 1. The Morgan fingerprint density at radius 3 is 2.56 bits per heavy atom. The molecule has 0 unspecified atom stereocenters. The van der Waals surface area contributed by atoms with E-state index < -0.39 is 5.60 Å². The Morgan fingerprint density at radius 1 is 1.28 bits per heavy atom. The van der Waals surface area contributed by atoms with E-state index in [0.717, 1.165) is 23.4 Å². The Morgan fingerprint density at radius 2 is 1.96 bits per heavy atom. The molecule has 1 aliphatic rings. The van der Waals surface area contributed by atoms with Crippen molar-refractivity contribution in [2.24, 2.45) is 5.92 Å². The lowest BCUT2D eigenvalue weighted by Gasteiger charge is -2.33. The lowest BCUT2D eigenvalue weighted by molar-refractivity contribution is -0.117. The zero-order chi connectivity index (χ0) is 18.4. The van der Waals surface area contributed by atoms with Crippen LogP contribution in [0, 0.1) is 5.92 Å². The van der Waals surface area contributed by atoms with Gasteiger partial charge in [0.05, 0.1) is 0 Å². The lowest BCUT2D eigenvalue weighted by atomic mass is 9.93. The van der Waals surface area contributed by atoms with Gasteiger partial charge in [-0.15, -0.1) is 11.8 Å². The third kappa shape index (κ3) is 6.61. The highest BCUT2D eigenvalue weighted by atomic mass is 32.2. The number of piperidine rings is 1. The van der Waals surface area contributed by atoms with Gasteiger partial charge in [-0.25, -0.2) is 4.79 Å². The van der Waals surface area contributed by atoms with Gasteiger partial charge in [0.15, 0.2) is 0 Å². The highest BCUT2D eigenvalue weighted by Gasteiger charge is 2.27. The normalized spacial score (nSPS) is 15.8. The first-order chi connectivity index (χ1) is 11.8. The molecule has 0 saturated carbocycles. The van der Waals surface area contributed by atoms with Crippen LogP contribution in [0.15, 0.2) is 29.2 Å². The Hall–Kier alpha value is -1.69. The van der Waals surface area contributed by atoms with Gasteiger partial charge in [0, 0.05) is 30.1 Å². The zero-order valence-electron chi connectivity index (χ0n) is 15.5. The first-order valence-electron chi connectivity index (χ1n) is 8.68. The van der Waals surface area contributed by atoms with Crippen molar-refractivity contribution in [2.75, 3.05) is 24.7 Å². The number of benzene rings is 1. The Kier molecular flexibility index (Phi) is 6.76. The summed E-state index contributed by atoms with van der Waals surface area (Å²) >= 11 is 1.65. The second-order valence-corrected chi connectivity index (χ2v) is 8.27. The maximum Gasteiger partial charge on any atom is 0.410 e. The average molecular weight is 365 g/mol. The molecule has 0 spiro atoms. The molecule has 1 aromatic carbocycles. The van der Waals surface area contributed by atoms with Gasteiger partial charge in [-0.05, 0) is 64.0 Å². The van der Waals surface area contributed by atoms with E-state index in [-0.39, 0.29) is 12.0 Å². The topological polar surface area (TPSA) is 58.6 Å². The molecule has 138 valence electrons. The smallest absolute Gasteiger partial charge is 0.410 e. The summed E-state index contributed by atoms with van der Waals surface area (Å²) in [5.74, 6) is 0.344. The molecule has 1 fully saturated rings. The quantitative estimate of drug-likeness (QED) is 0.805. The molecule has 6 heteroatoms. The van der Waals surface area contributed by atoms with E-state index in [0.29, 0.717) is 25.4 Å². The minimum atomic E-state index is -0.473. The molecule has 0 atom stereocenters. The highest BCUT2D eigenvalue weighted by Crippen LogP contribution is 2.24. The van der Waals surface area contributed by atoms with Crippen molar-refractivity contribution in [3.05, 3.63) is 24.3 Å². The van der Waals surface area contributed by atoms with Crippen LogP contribution in [0.4, 0.5) is 10.5 Å². The monoisotopic (exact) mass is 364 g/mol. The van der Waals surface area contributed by atoms with Gasteiger partial charge in [0.2, 0.25) is 5.91 Å². The molecule has 1 heterocycles. The number of nitrogens with one attached hydrogen (secondary N) is 1. The summed E-state index contributed by atoms with van der Waals surface area (Å²) < 4.78 is 5.40. The fraction of sp³-hybridized carbons (Fsp3) is 0.579. The predicted octanol–water partition coefficient (Wildman–Crippen LogP) is 4.38. The molecule has 2 rings (SSSR count).